The van der Waals surface area contributed by atoms with Gasteiger partial charge in [0.25, 0.3) is 0 Å². The Morgan fingerprint density at radius 1 is 1.00 bits per heavy atom. The van der Waals surface area contributed by atoms with Gasteiger partial charge in [0, 0.05) is 20.9 Å². The van der Waals surface area contributed by atoms with Gasteiger partial charge in [-0.2, -0.15) is 5.10 Å². The third-order valence-corrected chi connectivity index (χ3v) is 6.37. The first-order chi connectivity index (χ1) is 14.5. The van der Waals surface area contributed by atoms with Crippen LogP contribution in [0.15, 0.2) is 74.7 Å². The zero-order chi connectivity index (χ0) is 20.8. The second-order valence-electron chi connectivity index (χ2n) is 7.19. The second kappa shape index (κ2) is 7.71. The van der Waals surface area contributed by atoms with Crippen LogP contribution in [0.5, 0.6) is 11.5 Å². The molecule has 0 radical (unpaired) electrons. The van der Waals surface area contributed by atoms with Gasteiger partial charge in [0.2, 0.25) is 6.23 Å². The van der Waals surface area contributed by atoms with Crippen LogP contribution in [0.3, 0.4) is 0 Å². The molecule has 3 aromatic rings. The summed E-state index contributed by atoms with van der Waals surface area (Å²) in [6.07, 6.45) is 0.250. The van der Waals surface area contributed by atoms with Crippen molar-refractivity contribution in [1.29, 1.82) is 0 Å². The van der Waals surface area contributed by atoms with E-state index in [2.05, 4.69) is 37.9 Å². The van der Waals surface area contributed by atoms with Crippen LogP contribution in [-0.2, 0) is 0 Å². The summed E-state index contributed by atoms with van der Waals surface area (Å²) < 4.78 is 27.4. The molecular formula is C23H17Br2FN2O2. The molecule has 2 heterocycles. The third-order valence-electron chi connectivity index (χ3n) is 5.39. The average molecular weight is 532 g/mol. The maximum absolute atomic E-state index is 13.4. The van der Waals surface area contributed by atoms with Gasteiger partial charge in [-0.3, -0.25) is 0 Å². The minimum absolute atomic E-state index is 0.00000850. The molecule has 2 aliphatic rings. The first-order valence-electron chi connectivity index (χ1n) is 9.45. The number of halogens is 3. The summed E-state index contributed by atoms with van der Waals surface area (Å²) in [6.45, 7) is 0. The predicted molar refractivity (Wildman–Crippen MR) is 120 cm³/mol. The smallest absolute Gasteiger partial charge is 0.217 e. The van der Waals surface area contributed by atoms with Crippen molar-refractivity contribution in [3.8, 4) is 11.5 Å². The standard InChI is InChI=1S/C23H17Br2FN2O2/c1-29-21-8-4-15(25)11-18(21)23-28-20(17-10-14(24)5-9-22(17)30-23)12-19(27-28)13-2-6-16(26)7-3-13/h2-11,20,23H,12H2,1H3/t20-,23+/m0/s1. The zero-order valence-corrected chi connectivity index (χ0v) is 19.2. The van der Waals surface area contributed by atoms with Gasteiger partial charge in [0.05, 0.1) is 24.4 Å². The predicted octanol–water partition coefficient (Wildman–Crippen LogP) is 6.60. The number of benzene rings is 3. The quantitative estimate of drug-likeness (QED) is 0.381. The van der Waals surface area contributed by atoms with E-state index < -0.39 is 6.23 Å². The molecule has 7 heteroatoms. The van der Waals surface area contributed by atoms with E-state index in [1.54, 1.807) is 19.2 Å². The molecule has 0 amide bonds. The topological polar surface area (TPSA) is 34.1 Å². The summed E-state index contributed by atoms with van der Waals surface area (Å²) in [5.41, 5.74) is 3.75. The molecular weight excluding hydrogens is 515 g/mol. The summed E-state index contributed by atoms with van der Waals surface area (Å²) in [6, 6.07) is 18.3. The maximum Gasteiger partial charge on any atom is 0.217 e. The lowest BCUT2D eigenvalue weighted by molar-refractivity contribution is -0.0204. The number of methoxy groups -OCH3 is 1. The van der Waals surface area contributed by atoms with Crippen molar-refractivity contribution in [2.75, 3.05) is 7.11 Å². The highest BCUT2D eigenvalue weighted by atomic mass is 79.9. The normalized spacial score (nSPS) is 19.6. The van der Waals surface area contributed by atoms with Gasteiger partial charge in [-0.1, -0.05) is 44.0 Å². The van der Waals surface area contributed by atoms with E-state index in [0.29, 0.717) is 6.42 Å². The Morgan fingerprint density at radius 2 is 1.70 bits per heavy atom. The molecule has 0 fully saturated rings. The van der Waals surface area contributed by atoms with E-state index in [1.165, 1.54) is 12.1 Å². The number of ether oxygens (including phenoxy) is 2. The summed E-state index contributed by atoms with van der Waals surface area (Å²) in [7, 11) is 1.65. The highest BCUT2D eigenvalue weighted by molar-refractivity contribution is 9.10. The zero-order valence-electron chi connectivity index (χ0n) is 16.0. The van der Waals surface area contributed by atoms with Crippen LogP contribution < -0.4 is 9.47 Å². The van der Waals surface area contributed by atoms with Crippen LogP contribution >= 0.6 is 31.9 Å². The van der Waals surface area contributed by atoms with E-state index in [9.17, 15) is 4.39 Å². The average Bonchev–Trinajstić information content (AvgIpc) is 3.19. The molecule has 2 atom stereocenters. The maximum atomic E-state index is 13.4. The third kappa shape index (κ3) is 3.40. The number of nitrogens with zero attached hydrogens (tertiary/aromatic N) is 2. The van der Waals surface area contributed by atoms with Gasteiger partial charge in [0.15, 0.2) is 0 Å². The second-order valence-corrected chi connectivity index (χ2v) is 9.02. The molecule has 0 N–H and O–H groups in total. The fraction of sp³-hybridized carbons (Fsp3) is 0.174. The van der Waals surface area contributed by atoms with Crippen LogP contribution in [0.2, 0.25) is 0 Å². The Labute approximate surface area is 190 Å². The Kier molecular flexibility index (Phi) is 5.03. The Balaban J connectivity index is 1.64. The molecule has 0 bridgehead atoms. The lowest BCUT2D eigenvalue weighted by Crippen LogP contribution is -2.34. The van der Waals surface area contributed by atoms with E-state index >= 15 is 0 Å². The molecule has 5 rings (SSSR count). The summed E-state index contributed by atoms with van der Waals surface area (Å²) in [5.74, 6) is 1.29. The molecule has 4 nitrogen and oxygen atoms in total. The first kappa shape index (κ1) is 19.6. The molecule has 0 saturated carbocycles. The van der Waals surface area contributed by atoms with Crippen molar-refractivity contribution < 1.29 is 13.9 Å². The molecule has 152 valence electrons. The summed E-state index contributed by atoms with van der Waals surface area (Å²) >= 11 is 7.12. The van der Waals surface area contributed by atoms with Crippen molar-refractivity contribution in [2.45, 2.75) is 18.7 Å². The molecule has 30 heavy (non-hydrogen) atoms. The van der Waals surface area contributed by atoms with Gasteiger partial charge in [-0.25, -0.2) is 9.40 Å². The number of hydrazone groups is 1. The summed E-state index contributed by atoms with van der Waals surface area (Å²) in [4.78, 5) is 0. The fourth-order valence-electron chi connectivity index (χ4n) is 3.98. The van der Waals surface area contributed by atoms with Gasteiger partial charge in [0.1, 0.15) is 17.3 Å². The lowest BCUT2D eigenvalue weighted by Gasteiger charge is -2.38. The van der Waals surface area contributed by atoms with E-state index in [0.717, 1.165) is 42.8 Å². The van der Waals surface area contributed by atoms with Crippen LogP contribution in [0, 0.1) is 5.82 Å². The van der Waals surface area contributed by atoms with Gasteiger partial charge < -0.3 is 9.47 Å². The molecule has 0 aromatic heterocycles. The van der Waals surface area contributed by atoms with Crippen molar-refractivity contribution in [3.63, 3.8) is 0 Å². The molecule has 2 aliphatic heterocycles. The van der Waals surface area contributed by atoms with E-state index in [4.69, 9.17) is 14.6 Å². The van der Waals surface area contributed by atoms with E-state index in [-0.39, 0.29) is 11.9 Å². The molecule has 3 aromatic carbocycles. The Morgan fingerprint density at radius 3 is 2.43 bits per heavy atom. The summed E-state index contributed by atoms with van der Waals surface area (Å²) in [5, 5.41) is 6.90. The van der Waals surface area contributed by atoms with Crippen molar-refractivity contribution in [3.05, 3.63) is 92.1 Å². The molecule has 0 spiro atoms. The van der Waals surface area contributed by atoms with Crippen molar-refractivity contribution >= 4 is 37.6 Å². The van der Waals surface area contributed by atoms with Crippen molar-refractivity contribution in [2.24, 2.45) is 5.10 Å². The van der Waals surface area contributed by atoms with Gasteiger partial charge in [-0.05, 0) is 54.1 Å². The van der Waals surface area contributed by atoms with Gasteiger partial charge in [-0.15, -0.1) is 0 Å². The van der Waals surface area contributed by atoms with Crippen LogP contribution in [0.4, 0.5) is 4.39 Å². The number of fused-ring (bicyclic) bond motifs is 3. The number of hydrogen-bond acceptors (Lipinski definition) is 4. The minimum atomic E-state index is -0.450. The highest BCUT2D eigenvalue weighted by Crippen LogP contribution is 2.49. The van der Waals surface area contributed by atoms with Crippen LogP contribution in [0.1, 0.15) is 35.4 Å². The highest BCUT2D eigenvalue weighted by Gasteiger charge is 2.42. The molecule has 0 saturated heterocycles. The Hall–Kier alpha value is -2.38. The fourth-order valence-corrected chi connectivity index (χ4v) is 4.74. The van der Waals surface area contributed by atoms with Crippen LogP contribution in [0.25, 0.3) is 0 Å². The number of rotatable bonds is 3. The SMILES string of the molecule is COc1ccc(Br)cc1[C@H]1Oc2ccc(Br)cc2[C@@H]2CC(c3ccc(F)cc3)=NN12. The van der Waals surface area contributed by atoms with E-state index in [1.807, 2.05) is 35.3 Å². The Bertz CT molecular complexity index is 1150. The monoisotopic (exact) mass is 530 g/mol. The first-order valence-corrected chi connectivity index (χ1v) is 11.0. The van der Waals surface area contributed by atoms with Gasteiger partial charge >= 0.3 is 0 Å². The molecule has 0 aliphatic carbocycles. The number of hydrogen-bond donors (Lipinski definition) is 0. The largest absolute Gasteiger partial charge is 0.496 e. The molecule has 0 unspecified atom stereocenters. The van der Waals surface area contributed by atoms with Crippen molar-refractivity contribution in [1.82, 2.24) is 5.01 Å². The minimum Gasteiger partial charge on any atom is -0.496 e. The van der Waals surface area contributed by atoms with Crippen LogP contribution in [-0.4, -0.2) is 17.8 Å². The lowest BCUT2D eigenvalue weighted by atomic mass is 9.96.